The van der Waals surface area contributed by atoms with E-state index in [1.54, 1.807) is 48.8 Å². The third kappa shape index (κ3) is 4.56. The molecular weight excluding hydrogens is 356 g/mol. The van der Waals surface area contributed by atoms with E-state index in [-0.39, 0.29) is 11.1 Å². The Morgan fingerprint density at radius 1 is 0.607 bits per heavy atom. The zero-order valence-electron chi connectivity index (χ0n) is 14.7. The minimum Gasteiger partial charge on any atom is -0.478 e. The van der Waals surface area contributed by atoms with Gasteiger partial charge in [0.1, 0.15) is 0 Å². The van der Waals surface area contributed by atoms with E-state index in [0.717, 1.165) is 11.1 Å². The molecule has 0 aliphatic rings. The molecule has 6 heteroatoms. The van der Waals surface area contributed by atoms with E-state index in [1.165, 1.54) is 12.1 Å². The van der Waals surface area contributed by atoms with Gasteiger partial charge in [-0.3, -0.25) is 9.98 Å². The van der Waals surface area contributed by atoms with Crippen LogP contribution in [0, 0.1) is 0 Å². The zero-order chi connectivity index (χ0) is 19.9. The Labute approximate surface area is 161 Å². The average Bonchev–Trinajstić information content (AvgIpc) is 2.71. The SMILES string of the molecule is O=C(O)c1ccccc1N=Cc1ccc(C=Nc2ccccc2C(=O)O)cc1. The fourth-order valence-corrected chi connectivity index (χ4v) is 2.49. The summed E-state index contributed by atoms with van der Waals surface area (Å²) >= 11 is 0. The lowest BCUT2D eigenvalue weighted by Crippen LogP contribution is -1.96. The van der Waals surface area contributed by atoms with Crippen LogP contribution in [0.4, 0.5) is 11.4 Å². The molecule has 28 heavy (non-hydrogen) atoms. The van der Waals surface area contributed by atoms with Crippen LogP contribution in [-0.4, -0.2) is 34.6 Å². The summed E-state index contributed by atoms with van der Waals surface area (Å²) in [5.41, 5.74) is 2.63. The van der Waals surface area contributed by atoms with Crippen molar-refractivity contribution < 1.29 is 19.8 Å². The van der Waals surface area contributed by atoms with Crippen molar-refractivity contribution in [1.82, 2.24) is 0 Å². The molecule has 2 N–H and O–H groups in total. The Hall–Kier alpha value is -4.06. The van der Waals surface area contributed by atoms with Crippen molar-refractivity contribution in [3.8, 4) is 0 Å². The lowest BCUT2D eigenvalue weighted by atomic mass is 10.1. The third-order valence-corrected chi connectivity index (χ3v) is 3.91. The molecule has 0 fully saturated rings. The first-order chi connectivity index (χ1) is 13.5. The highest BCUT2D eigenvalue weighted by Gasteiger charge is 2.08. The van der Waals surface area contributed by atoms with Crippen LogP contribution in [-0.2, 0) is 0 Å². The first-order valence-corrected chi connectivity index (χ1v) is 8.37. The molecule has 0 unspecified atom stereocenters. The molecule has 0 bridgehead atoms. The van der Waals surface area contributed by atoms with E-state index >= 15 is 0 Å². The highest BCUT2D eigenvalue weighted by molar-refractivity contribution is 5.96. The topological polar surface area (TPSA) is 99.3 Å². The summed E-state index contributed by atoms with van der Waals surface area (Å²) in [5, 5.41) is 18.4. The van der Waals surface area contributed by atoms with Gasteiger partial charge >= 0.3 is 11.9 Å². The maximum atomic E-state index is 11.2. The van der Waals surface area contributed by atoms with Gasteiger partial charge in [-0.15, -0.1) is 0 Å². The Kier molecular flexibility index (Phi) is 5.72. The Morgan fingerprint density at radius 3 is 1.32 bits per heavy atom. The van der Waals surface area contributed by atoms with Crippen molar-refractivity contribution in [2.75, 3.05) is 0 Å². The lowest BCUT2D eigenvalue weighted by molar-refractivity contribution is 0.0687. The van der Waals surface area contributed by atoms with Gasteiger partial charge < -0.3 is 10.2 Å². The summed E-state index contributed by atoms with van der Waals surface area (Å²) in [6.07, 6.45) is 3.17. The predicted octanol–water partition coefficient (Wildman–Crippen LogP) is 4.58. The molecule has 0 radical (unpaired) electrons. The number of carbonyl (C=O) groups is 2. The second-order valence-corrected chi connectivity index (χ2v) is 5.83. The standard InChI is InChI=1S/C22H16N2O4/c25-21(26)17-5-1-3-7-19(17)23-13-15-9-11-16(12-10-15)14-24-20-8-4-2-6-18(20)22(27)28/h1-14H,(H,25,26)(H,27,28). The van der Waals surface area contributed by atoms with Gasteiger partial charge in [-0.1, -0.05) is 48.5 Å². The number of carboxylic acids is 2. The molecule has 0 spiro atoms. The molecule has 0 amide bonds. The zero-order valence-corrected chi connectivity index (χ0v) is 14.7. The molecule has 0 atom stereocenters. The fraction of sp³-hybridized carbons (Fsp3) is 0. The highest BCUT2D eigenvalue weighted by Crippen LogP contribution is 2.19. The van der Waals surface area contributed by atoms with E-state index in [1.807, 2.05) is 24.3 Å². The second kappa shape index (κ2) is 8.55. The number of nitrogens with zero attached hydrogens (tertiary/aromatic N) is 2. The quantitative estimate of drug-likeness (QED) is 0.618. The van der Waals surface area contributed by atoms with Gasteiger partial charge in [0, 0.05) is 12.4 Å². The van der Waals surface area contributed by atoms with Crippen molar-refractivity contribution >= 4 is 35.7 Å². The number of rotatable bonds is 6. The predicted molar refractivity (Wildman–Crippen MR) is 108 cm³/mol. The number of aliphatic imine (C=N–C) groups is 2. The van der Waals surface area contributed by atoms with Gasteiger partial charge in [-0.25, -0.2) is 9.59 Å². The maximum Gasteiger partial charge on any atom is 0.337 e. The molecule has 0 aromatic heterocycles. The van der Waals surface area contributed by atoms with Crippen LogP contribution >= 0.6 is 0 Å². The molecule has 0 saturated carbocycles. The van der Waals surface area contributed by atoms with E-state index < -0.39 is 11.9 Å². The molecule has 3 aromatic rings. The molecule has 3 aromatic carbocycles. The molecule has 0 aliphatic carbocycles. The van der Waals surface area contributed by atoms with Crippen molar-refractivity contribution in [3.05, 3.63) is 95.1 Å². The number of carboxylic acid groups (broad SMARTS) is 2. The summed E-state index contributed by atoms with van der Waals surface area (Å²) in [6, 6.07) is 20.3. The van der Waals surface area contributed by atoms with E-state index in [9.17, 15) is 19.8 Å². The van der Waals surface area contributed by atoms with Crippen LogP contribution in [0.15, 0.2) is 82.8 Å². The van der Waals surface area contributed by atoms with Crippen molar-refractivity contribution in [1.29, 1.82) is 0 Å². The third-order valence-electron chi connectivity index (χ3n) is 3.91. The molecule has 138 valence electrons. The van der Waals surface area contributed by atoms with Gasteiger partial charge in [0.2, 0.25) is 0 Å². The minimum absolute atomic E-state index is 0.139. The van der Waals surface area contributed by atoms with Crippen molar-refractivity contribution in [2.45, 2.75) is 0 Å². The largest absolute Gasteiger partial charge is 0.478 e. The summed E-state index contributed by atoms with van der Waals surface area (Å²) < 4.78 is 0. The van der Waals surface area contributed by atoms with E-state index in [4.69, 9.17) is 0 Å². The Balaban J connectivity index is 1.76. The smallest absolute Gasteiger partial charge is 0.337 e. The van der Waals surface area contributed by atoms with Gasteiger partial charge in [0.05, 0.1) is 22.5 Å². The molecule has 0 heterocycles. The van der Waals surface area contributed by atoms with Gasteiger partial charge in [-0.2, -0.15) is 0 Å². The molecule has 0 aliphatic heterocycles. The maximum absolute atomic E-state index is 11.2. The van der Waals surface area contributed by atoms with Gasteiger partial charge in [-0.05, 0) is 35.4 Å². The number of hydrogen-bond acceptors (Lipinski definition) is 4. The van der Waals surface area contributed by atoms with Crippen LogP contribution in [0.3, 0.4) is 0 Å². The molecule has 0 saturated heterocycles. The van der Waals surface area contributed by atoms with E-state index in [0.29, 0.717) is 11.4 Å². The number of hydrogen-bond donors (Lipinski definition) is 2. The van der Waals surface area contributed by atoms with Gasteiger partial charge in [0.15, 0.2) is 0 Å². The lowest BCUT2D eigenvalue weighted by Gasteiger charge is -2.01. The summed E-state index contributed by atoms with van der Waals surface area (Å²) in [5.74, 6) is -2.05. The van der Waals surface area contributed by atoms with Crippen LogP contribution in [0.1, 0.15) is 31.8 Å². The highest BCUT2D eigenvalue weighted by atomic mass is 16.4. The van der Waals surface area contributed by atoms with Gasteiger partial charge in [0.25, 0.3) is 0 Å². The van der Waals surface area contributed by atoms with Crippen molar-refractivity contribution in [2.24, 2.45) is 9.98 Å². The second-order valence-electron chi connectivity index (χ2n) is 5.83. The van der Waals surface area contributed by atoms with Crippen molar-refractivity contribution in [3.63, 3.8) is 0 Å². The average molecular weight is 372 g/mol. The van der Waals surface area contributed by atoms with Crippen LogP contribution in [0.5, 0.6) is 0 Å². The first-order valence-electron chi connectivity index (χ1n) is 8.37. The number of para-hydroxylation sites is 2. The van der Waals surface area contributed by atoms with E-state index in [2.05, 4.69) is 9.98 Å². The molecular formula is C22H16N2O4. The molecule has 6 nitrogen and oxygen atoms in total. The molecule has 3 rings (SSSR count). The Morgan fingerprint density at radius 2 is 0.964 bits per heavy atom. The fourth-order valence-electron chi connectivity index (χ4n) is 2.49. The summed E-state index contributed by atoms with van der Waals surface area (Å²) in [7, 11) is 0. The monoisotopic (exact) mass is 372 g/mol. The minimum atomic E-state index is -1.03. The summed E-state index contributed by atoms with van der Waals surface area (Å²) in [4.78, 5) is 30.9. The first kappa shape index (κ1) is 18.7. The van der Waals surface area contributed by atoms with Crippen LogP contribution < -0.4 is 0 Å². The summed E-state index contributed by atoms with van der Waals surface area (Å²) in [6.45, 7) is 0. The normalized spacial score (nSPS) is 11.1. The number of aromatic carboxylic acids is 2. The Bertz CT molecular complexity index is 983. The van der Waals surface area contributed by atoms with Crippen LogP contribution in [0.2, 0.25) is 0 Å². The van der Waals surface area contributed by atoms with Crippen LogP contribution in [0.25, 0.3) is 0 Å². The number of benzene rings is 3.